The molecule has 106 valence electrons. The van der Waals surface area contributed by atoms with Crippen molar-refractivity contribution < 1.29 is 4.79 Å². The topological polar surface area (TPSA) is 55.1 Å². The van der Waals surface area contributed by atoms with Gasteiger partial charge in [0, 0.05) is 12.5 Å². The van der Waals surface area contributed by atoms with Crippen LogP contribution in [0.4, 0.5) is 0 Å². The van der Waals surface area contributed by atoms with Gasteiger partial charge < -0.3 is 11.1 Å². The van der Waals surface area contributed by atoms with E-state index in [-0.39, 0.29) is 30.4 Å². The molecule has 1 aliphatic rings. The SMILES string of the molecule is CC(N)CCC(=O)NC1CCCc2ccccc21.Cl. The van der Waals surface area contributed by atoms with Crippen molar-refractivity contribution in [3.63, 3.8) is 0 Å². The zero-order valence-electron chi connectivity index (χ0n) is 11.4. The van der Waals surface area contributed by atoms with Crippen LogP contribution in [0.1, 0.15) is 49.8 Å². The standard InChI is InChI=1S/C15H22N2O.ClH/c1-11(16)9-10-15(18)17-14-8-4-6-12-5-2-3-7-13(12)14;/h2-3,5,7,11,14H,4,6,8-10,16H2,1H3,(H,17,18);1H. The molecular weight excluding hydrogens is 260 g/mol. The van der Waals surface area contributed by atoms with Crippen molar-refractivity contribution >= 4 is 18.3 Å². The maximum absolute atomic E-state index is 11.9. The van der Waals surface area contributed by atoms with E-state index in [4.69, 9.17) is 5.73 Å². The molecule has 2 unspecified atom stereocenters. The number of rotatable bonds is 4. The molecule has 1 amide bonds. The first-order chi connectivity index (χ1) is 8.66. The molecule has 0 bridgehead atoms. The number of halogens is 1. The van der Waals surface area contributed by atoms with Gasteiger partial charge in [0.05, 0.1) is 6.04 Å². The smallest absolute Gasteiger partial charge is 0.220 e. The van der Waals surface area contributed by atoms with Crippen LogP contribution in [0.15, 0.2) is 24.3 Å². The summed E-state index contributed by atoms with van der Waals surface area (Å²) < 4.78 is 0. The number of nitrogens with one attached hydrogen (secondary N) is 1. The number of carbonyl (C=O) groups is 1. The number of nitrogens with two attached hydrogens (primary N) is 1. The molecule has 1 aromatic rings. The molecule has 0 aromatic heterocycles. The summed E-state index contributed by atoms with van der Waals surface area (Å²) in [5.41, 5.74) is 8.34. The Morgan fingerprint density at radius 1 is 1.47 bits per heavy atom. The highest BCUT2D eigenvalue weighted by Gasteiger charge is 2.21. The summed E-state index contributed by atoms with van der Waals surface area (Å²) in [7, 11) is 0. The average molecular weight is 283 g/mol. The zero-order chi connectivity index (χ0) is 13.0. The largest absolute Gasteiger partial charge is 0.349 e. The molecule has 1 aromatic carbocycles. The summed E-state index contributed by atoms with van der Waals surface area (Å²) in [5.74, 6) is 0.119. The van der Waals surface area contributed by atoms with E-state index in [0.717, 1.165) is 25.7 Å². The lowest BCUT2D eigenvalue weighted by molar-refractivity contribution is -0.122. The van der Waals surface area contributed by atoms with Crippen molar-refractivity contribution in [3.8, 4) is 0 Å². The van der Waals surface area contributed by atoms with Crippen molar-refractivity contribution in [1.82, 2.24) is 5.32 Å². The quantitative estimate of drug-likeness (QED) is 0.892. The minimum atomic E-state index is 0. The van der Waals surface area contributed by atoms with Crippen molar-refractivity contribution in [2.75, 3.05) is 0 Å². The zero-order valence-corrected chi connectivity index (χ0v) is 12.2. The first kappa shape index (κ1) is 16.0. The Balaban J connectivity index is 0.00000180. The van der Waals surface area contributed by atoms with Crippen LogP contribution in [0.5, 0.6) is 0 Å². The van der Waals surface area contributed by atoms with Crippen LogP contribution in [0.25, 0.3) is 0 Å². The second kappa shape index (κ2) is 7.51. The Morgan fingerprint density at radius 3 is 2.95 bits per heavy atom. The third-order valence-electron chi connectivity index (χ3n) is 3.53. The highest BCUT2D eigenvalue weighted by Crippen LogP contribution is 2.29. The molecule has 0 spiro atoms. The first-order valence-electron chi connectivity index (χ1n) is 6.79. The number of hydrogen-bond acceptors (Lipinski definition) is 2. The average Bonchev–Trinajstić information content (AvgIpc) is 2.37. The second-order valence-corrected chi connectivity index (χ2v) is 5.23. The first-order valence-corrected chi connectivity index (χ1v) is 6.79. The van der Waals surface area contributed by atoms with Crippen molar-refractivity contribution in [1.29, 1.82) is 0 Å². The molecule has 4 heteroatoms. The van der Waals surface area contributed by atoms with E-state index >= 15 is 0 Å². The Kier molecular flexibility index (Phi) is 6.32. The van der Waals surface area contributed by atoms with Gasteiger partial charge in [-0.1, -0.05) is 24.3 Å². The van der Waals surface area contributed by atoms with Crippen LogP contribution in [0.3, 0.4) is 0 Å². The van der Waals surface area contributed by atoms with Gasteiger partial charge in [0.1, 0.15) is 0 Å². The van der Waals surface area contributed by atoms with Gasteiger partial charge in [-0.05, 0) is 43.7 Å². The molecule has 0 fully saturated rings. The van der Waals surface area contributed by atoms with Crippen LogP contribution in [0, 0.1) is 0 Å². The maximum atomic E-state index is 11.9. The summed E-state index contributed by atoms with van der Waals surface area (Å²) >= 11 is 0. The number of hydrogen-bond donors (Lipinski definition) is 2. The van der Waals surface area contributed by atoms with Gasteiger partial charge in [-0.2, -0.15) is 0 Å². The molecule has 0 aliphatic heterocycles. The van der Waals surface area contributed by atoms with E-state index in [2.05, 4.69) is 23.5 Å². The predicted molar refractivity (Wildman–Crippen MR) is 80.4 cm³/mol. The van der Waals surface area contributed by atoms with E-state index in [1.807, 2.05) is 13.0 Å². The summed E-state index contributed by atoms with van der Waals surface area (Å²) in [4.78, 5) is 11.9. The van der Waals surface area contributed by atoms with Crippen LogP contribution in [-0.4, -0.2) is 11.9 Å². The minimum absolute atomic E-state index is 0. The second-order valence-electron chi connectivity index (χ2n) is 5.23. The lowest BCUT2D eigenvalue weighted by atomic mass is 9.87. The van der Waals surface area contributed by atoms with Gasteiger partial charge in [-0.25, -0.2) is 0 Å². The Bertz CT molecular complexity index is 420. The van der Waals surface area contributed by atoms with Gasteiger partial charge in [-0.15, -0.1) is 12.4 Å². The Morgan fingerprint density at radius 2 is 2.21 bits per heavy atom. The molecule has 0 saturated carbocycles. The van der Waals surface area contributed by atoms with Crippen LogP contribution < -0.4 is 11.1 Å². The molecule has 2 rings (SSSR count). The number of fused-ring (bicyclic) bond motifs is 1. The molecule has 1 aliphatic carbocycles. The van der Waals surface area contributed by atoms with Gasteiger partial charge in [0.25, 0.3) is 0 Å². The van der Waals surface area contributed by atoms with E-state index < -0.39 is 0 Å². The van der Waals surface area contributed by atoms with Gasteiger partial charge >= 0.3 is 0 Å². The predicted octanol–water partition coefficient (Wildman–Crippen LogP) is 2.73. The highest BCUT2D eigenvalue weighted by atomic mass is 35.5. The molecule has 0 radical (unpaired) electrons. The van der Waals surface area contributed by atoms with Crippen LogP contribution in [-0.2, 0) is 11.2 Å². The molecule has 0 saturated heterocycles. The molecule has 3 N–H and O–H groups in total. The fourth-order valence-corrected chi connectivity index (χ4v) is 2.53. The van der Waals surface area contributed by atoms with Gasteiger partial charge in [0.2, 0.25) is 5.91 Å². The third-order valence-corrected chi connectivity index (χ3v) is 3.53. The highest BCUT2D eigenvalue weighted by molar-refractivity contribution is 5.85. The molecule has 3 nitrogen and oxygen atoms in total. The Labute approximate surface area is 121 Å². The van der Waals surface area contributed by atoms with Crippen molar-refractivity contribution in [2.45, 2.75) is 51.1 Å². The van der Waals surface area contributed by atoms with E-state index in [0.29, 0.717) is 6.42 Å². The summed E-state index contributed by atoms with van der Waals surface area (Å²) in [6.07, 6.45) is 4.59. The summed E-state index contributed by atoms with van der Waals surface area (Å²) in [5, 5.41) is 3.14. The fourth-order valence-electron chi connectivity index (χ4n) is 2.53. The summed E-state index contributed by atoms with van der Waals surface area (Å²) in [6.45, 7) is 1.93. The lowest BCUT2D eigenvalue weighted by Crippen LogP contribution is -2.31. The molecule has 0 heterocycles. The van der Waals surface area contributed by atoms with E-state index in [1.165, 1.54) is 11.1 Å². The molecule has 2 atom stereocenters. The van der Waals surface area contributed by atoms with Crippen molar-refractivity contribution in [2.24, 2.45) is 5.73 Å². The van der Waals surface area contributed by atoms with Gasteiger partial charge in [-0.3, -0.25) is 4.79 Å². The maximum Gasteiger partial charge on any atom is 0.220 e. The third kappa shape index (κ3) is 4.51. The number of benzene rings is 1. The number of carbonyl (C=O) groups excluding carboxylic acids is 1. The van der Waals surface area contributed by atoms with Crippen LogP contribution >= 0.6 is 12.4 Å². The van der Waals surface area contributed by atoms with E-state index in [9.17, 15) is 4.79 Å². The van der Waals surface area contributed by atoms with Crippen LogP contribution in [0.2, 0.25) is 0 Å². The molecule has 19 heavy (non-hydrogen) atoms. The normalized spacial score (nSPS) is 18.9. The Hall–Kier alpha value is -1.06. The monoisotopic (exact) mass is 282 g/mol. The van der Waals surface area contributed by atoms with E-state index in [1.54, 1.807) is 0 Å². The number of aryl methyl sites for hydroxylation is 1. The fraction of sp³-hybridized carbons (Fsp3) is 0.533. The number of amides is 1. The summed E-state index contributed by atoms with van der Waals surface area (Å²) in [6, 6.07) is 8.69. The minimum Gasteiger partial charge on any atom is -0.349 e. The van der Waals surface area contributed by atoms with Gasteiger partial charge in [0.15, 0.2) is 0 Å². The molecular formula is C15H23ClN2O. The lowest BCUT2D eigenvalue weighted by Gasteiger charge is -2.26. The van der Waals surface area contributed by atoms with Crippen molar-refractivity contribution in [3.05, 3.63) is 35.4 Å².